The van der Waals surface area contributed by atoms with Crippen molar-refractivity contribution in [2.24, 2.45) is 0 Å². The lowest BCUT2D eigenvalue weighted by atomic mass is 10.1. The number of hydrogen-bond donors (Lipinski definition) is 2. The summed E-state index contributed by atoms with van der Waals surface area (Å²) in [5.41, 5.74) is 6.93. The summed E-state index contributed by atoms with van der Waals surface area (Å²) in [6.07, 6.45) is 15.1. The first kappa shape index (κ1) is 27.6. The highest BCUT2D eigenvalue weighted by molar-refractivity contribution is 5.94. The van der Waals surface area contributed by atoms with E-state index in [1.165, 1.54) is 57.8 Å². The van der Waals surface area contributed by atoms with Gasteiger partial charge in [-0.05, 0) is 67.8 Å². The molecule has 0 aliphatic rings. The molecule has 0 radical (unpaired) electrons. The molecule has 0 fully saturated rings. The van der Waals surface area contributed by atoms with Crippen LogP contribution in [0.4, 0.5) is 5.69 Å². The minimum absolute atomic E-state index is 0.0747. The number of nitrogens with one attached hydrogen (secondary N) is 1. The Labute approximate surface area is 206 Å². The van der Waals surface area contributed by atoms with Crippen molar-refractivity contribution in [3.8, 4) is 11.5 Å². The van der Waals surface area contributed by atoms with Crippen molar-refractivity contribution < 1.29 is 14.3 Å². The second kappa shape index (κ2) is 17.7. The predicted octanol–water partition coefficient (Wildman–Crippen LogP) is 7.16. The molecule has 0 aliphatic carbocycles. The monoisotopic (exact) mass is 468 g/mol. The fourth-order valence-corrected chi connectivity index (χ4v) is 3.77. The summed E-state index contributed by atoms with van der Waals surface area (Å²) < 4.78 is 11.6. The molecule has 0 unspecified atom stereocenters. The van der Waals surface area contributed by atoms with E-state index in [4.69, 9.17) is 15.2 Å². The van der Waals surface area contributed by atoms with Crippen molar-refractivity contribution in [1.82, 2.24) is 5.32 Å². The molecule has 0 spiro atoms. The van der Waals surface area contributed by atoms with Crippen LogP contribution in [0.5, 0.6) is 11.5 Å². The molecule has 5 heteroatoms. The second-order valence-corrected chi connectivity index (χ2v) is 8.94. The maximum atomic E-state index is 12.0. The normalized spacial score (nSPS) is 10.7. The largest absolute Gasteiger partial charge is 0.494 e. The predicted molar refractivity (Wildman–Crippen MR) is 142 cm³/mol. The third-order valence-electron chi connectivity index (χ3n) is 5.89. The molecule has 0 saturated carbocycles. The van der Waals surface area contributed by atoms with Gasteiger partial charge in [0, 0.05) is 17.8 Å². The lowest BCUT2D eigenvalue weighted by molar-refractivity contribution is 0.0952. The maximum Gasteiger partial charge on any atom is 0.251 e. The molecule has 2 rings (SSSR count). The third-order valence-corrected chi connectivity index (χ3v) is 5.89. The highest BCUT2D eigenvalue weighted by atomic mass is 16.5. The Kier molecular flexibility index (Phi) is 14.4. The van der Waals surface area contributed by atoms with Crippen molar-refractivity contribution in [2.45, 2.75) is 84.0 Å². The van der Waals surface area contributed by atoms with Gasteiger partial charge in [0.15, 0.2) is 0 Å². The van der Waals surface area contributed by atoms with Gasteiger partial charge in [-0.25, -0.2) is 0 Å². The lowest BCUT2D eigenvalue weighted by Gasteiger charge is -2.09. The number of nitrogens with two attached hydrogens (primary N) is 1. The molecule has 1 amide bonds. The van der Waals surface area contributed by atoms with Crippen LogP contribution in [0.15, 0.2) is 48.5 Å². The first-order valence-electron chi connectivity index (χ1n) is 13.2. The standard InChI is InChI=1S/C29H44N2O3/c1-2-3-4-5-6-7-8-9-10-12-23-33-27-18-20-28(21-19-27)34-24-13-11-22-31-29(32)25-14-16-26(30)17-15-25/h14-21H,2-13,22-24,30H2,1H3,(H,31,32). The molecule has 5 nitrogen and oxygen atoms in total. The van der Waals surface area contributed by atoms with E-state index in [9.17, 15) is 4.79 Å². The summed E-state index contributed by atoms with van der Waals surface area (Å²) in [6, 6.07) is 14.8. The van der Waals surface area contributed by atoms with Gasteiger partial charge in [-0.2, -0.15) is 0 Å². The molecule has 0 bridgehead atoms. The van der Waals surface area contributed by atoms with E-state index in [-0.39, 0.29) is 5.91 Å². The summed E-state index contributed by atoms with van der Waals surface area (Å²) in [5, 5.41) is 2.92. The van der Waals surface area contributed by atoms with Gasteiger partial charge in [-0.15, -0.1) is 0 Å². The summed E-state index contributed by atoms with van der Waals surface area (Å²) in [6.45, 7) is 4.29. The Morgan fingerprint density at radius 1 is 0.676 bits per heavy atom. The Morgan fingerprint density at radius 2 is 1.15 bits per heavy atom. The number of rotatable bonds is 19. The van der Waals surface area contributed by atoms with Gasteiger partial charge in [0.2, 0.25) is 0 Å². The minimum atomic E-state index is -0.0747. The molecule has 0 atom stereocenters. The zero-order valence-electron chi connectivity index (χ0n) is 21.0. The number of benzene rings is 2. The van der Waals surface area contributed by atoms with Gasteiger partial charge in [-0.1, -0.05) is 64.7 Å². The van der Waals surface area contributed by atoms with Crippen LogP contribution in [-0.2, 0) is 0 Å². The molecule has 0 aromatic heterocycles. The number of nitrogen functional groups attached to an aromatic ring is 1. The Balaban J connectivity index is 1.44. The van der Waals surface area contributed by atoms with E-state index in [1.807, 2.05) is 24.3 Å². The fourth-order valence-electron chi connectivity index (χ4n) is 3.77. The number of unbranched alkanes of at least 4 members (excludes halogenated alkanes) is 10. The van der Waals surface area contributed by atoms with Gasteiger partial charge in [0.05, 0.1) is 13.2 Å². The minimum Gasteiger partial charge on any atom is -0.494 e. The van der Waals surface area contributed by atoms with Crippen LogP contribution in [0.25, 0.3) is 0 Å². The average molecular weight is 469 g/mol. The Hall–Kier alpha value is -2.69. The molecule has 2 aromatic carbocycles. The van der Waals surface area contributed by atoms with Crippen molar-refractivity contribution in [3.63, 3.8) is 0 Å². The summed E-state index contributed by atoms with van der Waals surface area (Å²) in [5.74, 6) is 1.67. The third kappa shape index (κ3) is 12.5. The average Bonchev–Trinajstić information content (AvgIpc) is 2.85. The first-order chi connectivity index (χ1) is 16.7. The SMILES string of the molecule is CCCCCCCCCCCCOc1ccc(OCCCCNC(=O)c2ccc(N)cc2)cc1. The fraction of sp³-hybridized carbons (Fsp3) is 0.552. The zero-order valence-corrected chi connectivity index (χ0v) is 21.0. The quantitative estimate of drug-likeness (QED) is 0.169. The van der Waals surface area contributed by atoms with Gasteiger partial charge < -0.3 is 20.5 Å². The molecule has 0 aliphatic heterocycles. The summed E-state index contributed by atoms with van der Waals surface area (Å²) >= 11 is 0. The Bertz CT molecular complexity index is 775. The topological polar surface area (TPSA) is 73.6 Å². The van der Waals surface area contributed by atoms with Crippen LogP contribution in [0.1, 0.15) is 94.3 Å². The molecule has 0 saturated heterocycles. The summed E-state index contributed by atoms with van der Waals surface area (Å²) in [4.78, 5) is 12.0. The number of ether oxygens (including phenoxy) is 2. The van der Waals surface area contributed by atoms with Gasteiger partial charge in [0.25, 0.3) is 5.91 Å². The molecule has 0 heterocycles. The van der Waals surface area contributed by atoms with Crippen LogP contribution >= 0.6 is 0 Å². The van der Waals surface area contributed by atoms with Crippen molar-refractivity contribution in [3.05, 3.63) is 54.1 Å². The summed E-state index contributed by atoms with van der Waals surface area (Å²) in [7, 11) is 0. The number of anilines is 1. The molecular weight excluding hydrogens is 424 g/mol. The molecule has 2 aromatic rings. The van der Waals surface area contributed by atoms with Crippen LogP contribution in [0, 0.1) is 0 Å². The lowest BCUT2D eigenvalue weighted by Crippen LogP contribution is -2.24. The van der Waals surface area contributed by atoms with Crippen molar-refractivity contribution >= 4 is 11.6 Å². The highest BCUT2D eigenvalue weighted by Crippen LogP contribution is 2.18. The smallest absolute Gasteiger partial charge is 0.251 e. The molecule has 3 N–H and O–H groups in total. The maximum absolute atomic E-state index is 12.0. The van der Waals surface area contributed by atoms with Crippen molar-refractivity contribution in [1.29, 1.82) is 0 Å². The van der Waals surface area contributed by atoms with Crippen LogP contribution in [0.2, 0.25) is 0 Å². The van der Waals surface area contributed by atoms with E-state index in [2.05, 4.69) is 12.2 Å². The zero-order chi connectivity index (χ0) is 24.3. The van der Waals surface area contributed by atoms with Crippen molar-refractivity contribution in [2.75, 3.05) is 25.5 Å². The number of hydrogen-bond acceptors (Lipinski definition) is 4. The van der Waals surface area contributed by atoms with E-state index < -0.39 is 0 Å². The molecular formula is C29H44N2O3. The second-order valence-electron chi connectivity index (χ2n) is 8.94. The van der Waals surface area contributed by atoms with Crippen LogP contribution < -0.4 is 20.5 Å². The van der Waals surface area contributed by atoms with Crippen LogP contribution in [0.3, 0.4) is 0 Å². The van der Waals surface area contributed by atoms with E-state index in [0.29, 0.717) is 24.4 Å². The molecule has 188 valence electrons. The molecule has 34 heavy (non-hydrogen) atoms. The van der Waals surface area contributed by atoms with Crippen LogP contribution in [-0.4, -0.2) is 25.7 Å². The van der Waals surface area contributed by atoms with Gasteiger partial charge in [0.1, 0.15) is 11.5 Å². The van der Waals surface area contributed by atoms with E-state index >= 15 is 0 Å². The number of carbonyl (C=O) groups excluding carboxylic acids is 1. The first-order valence-corrected chi connectivity index (χ1v) is 13.2. The highest BCUT2D eigenvalue weighted by Gasteiger charge is 2.04. The van der Waals surface area contributed by atoms with E-state index in [1.54, 1.807) is 24.3 Å². The Morgan fingerprint density at radius 3 is 1.68 bits per heavy atom. The van der Waals surface area contributed by atoms with Gasteiger partial charge >= 0.3 is 0 Å². The number of amides is 1. The van der Waals surface area contributed by atoms with E-state index in [0.717, 1.165) is 37.4 Å². The van der Waals surface area contributed by atoms with Gasteiger partial charge in [-0.3, -0.25) is 4.79 Å². The number of carbonyl (C=O) groups is 1.